The molecule has 0 aliphatic heterocycles. The SMILES string of the molecule is CCCCn1nccc1NC(=O)Cn1c(=O)c2c(ncn2CCOC)n(Cc2ccccc2)c1=O. The fourth-order valence-corrected chi connectivity index (χ4v) is 3.90. The minimum Gasteiger partial charge on any atom is -0.383 e. The molecule has 0 aliphatic carbocycles. The molecule has 1 amide bonds. The van der Waals surface area contributed by atoms with Crippen molar-refractivity contribution in [1.29, 1.82) is 0 Å². The van der Waals surface area contributed by atoms with E-state index in [1.807, 2.05) is 30.3 Å². The molecule has 1 N–H and O–H groups in total. The second-order valence-corrected chi connectivity index (χ2v) is 8.19. The summed E-state index contributed by atoms with van der Waals surface area (Å²) in [6, 6.07) is 11.1. The predicted octanol–water partition coefficient (Wildman–Crippen LogP) is 1.69. The molecular formula is C24H29N7O4. The van der Waals surface area contributed by atoms with Gasteiger partial charge < -0.3 is 14.6 Å². The van der Waals surface area contributed by atoms with Crippen LogP contribution in [0.3, 0.4) is 0 Å². The summed E-state index contributed by atoms with van der Waals surface area (Å²) in [4.78, 5) is 44.1. The number of ether oxygens (including phenoxy) is 1. The second-order valence-electron chi connectivity index (χ2n) is 8.19. The fourth-order valence-electron chi connectivity index (χ4n) is 3.90. The highest BCUT2D eigenvalue weighted by Gasteiger charge is 2.20. The van der Waals surface area contributed by atoms with Crippen molar-refractivity contribution in [3.05, 3.63) is 75.3 Å². The topological polar surface area (TPSA) is 118 Å². The summed E-state index contributed by atoms with van der Waals surface area (Å²) < 4.78 is 10.9. The molecule has 35 heavy (non-hydrogen) atoms. The van der Waals surface area contributed by atoms with Gasteiger partial charge in [0.25, 0.3) is 5.56 Å². The van der Waals surface area contributed by atoms with Gasteiger partial charge in [-0.3, -0.25) is 14.2 Å². The Hall–Kier alpha value is -3.99. The number of unbranched alkanes of at least 4 members (excludes halogenated alkanes) is 1. The number of aryl methyl sites for hydroxylation is 1. The maximum Gasteiger partial charge on any atom is 0.333 e. The van der Waals surface area contributed by atoms with Crippen LogP contribution in [0, 0.1) is 0 Å². The Bertz CT molecular complexity index is 1420. The molecular weight excluding hydrogens is 450 g/mol. The molecule has 0 spiro atoms. The average molecular weight is 480 g/mol. The molecule has 11 heteroatoms. The number of carbonyl (C=O) groups is 1. The summed E-state index contributed by atoms with van der Waals surface area (Å²) in [5, 5.41) is 7.00. The summed E-state index contributed by atoms with van der Waals surface area (Å²) in [5.41, 5.74) is 0.222. The zero-order chi connectivity index (χ0) is 24.8. The van der Waals surface area contributed by atoms with Gasteiger partial charge in [-0.05, 0) is 12.0 Å². The molecule has 0 saturated heterocycles. The van der Waals surface area contributed by atoms with Crippen LogP contribution in [0.2, 0.25) is 0 Å². The van der Waals surface area contributed by atoms with E-state index in [1.54, 1.807) is 28.6 Å². The molecule has 11 nitrogen and oxygen atoms in total. The first-order valence-electron chi connectivity index (χ1n) is 11.6. The number of rotatable bonds is 11. The molecule has 3 heterocycles. The molecule has 0 unspecified atom stereocenters. The predicted molar refractivity (Wildman–Crippen MR) is 131 cm³/mol. The number of hydrogen-bond donors (Lipinski definition) is 1. The number of hydrogen-bond acceptors (Lipinski definition) is 6. The molecule has 0 bridgehead atoms. The van der Waals surface area contributed by atoms with Gasteiger partial charge in [0.15, 0.2) is 11.2 Å². The van der Waals surface area contributed by atoms with Gasteiger partial charge in [-0.2, -0.15) is 5.10 Å². The van der Waals surface area contributed by atoms with E-state index in [-0.39, 0.29) is 17.7 Å². The molecule has 184 valence electrons. The Kier molecular flexibility index (Phi) is 7.56. The van der Waals surface area contributed by atoms with Crippen molar-refractivity contribution >= 4 is 22.9 Å². The van der Waals surface area contributed by atoms with Gasteiger partial charge in [-0.1, -0.05) is 43.7 Å². The first-order chi connectivity index (χ1) is 17.0. The van der Waals surface area contributed by atoms with Gasteiger partial charge >= 0.3 is 5.69 Å². The minimum absolute atomic E-state index is 0.211. The van der Waals surface area contributed by atoms with Gasteiger partial charge in [-0.15, -0.1) is 0 Å². The van der Waals surface area contributed by atoms with Crippen molar-refractivity contribution in [2.45, 2.75) is 45.9 Å². The van der Waals surface area contributed by atoms with Crippen LogP contribution in [0.4, 0.5) is 5.82 Å². The molecule has 3 aromatic heterocycles. The van der Waals surface area contributed by atoms with Crippen molar-refractivity contribution in [3.63, 3.8) is 0 Å². The van der Waals surface area contributed by atoms with E-state index >= 15 is 0 Å². The maximum atomic E-state index is 13.4. The number of nitrogens with one attached hydrogen (secondary N) is 1. The molecule has 4 aromatic rings. The van der Waals surface area contributed by atoms with E-state index in [0.29, 0.717) is 25.5 Å². The summed E-state index contributed by atoms with van der Waals surface area (Å²) in [6.45, 7) is 3.26. The number of nitrogens with zero attached hydrogens (tertiary/aromatic N) is 6. The van der Waals surface area contributed by atoms with Crippen LogP contribution in [0.25, 0.3) is 11.2 Å². The van der Waals surface area contributed by atoms with Gasteiger partial charge in [0.1, 0.15) is 12.4 Å². The number of anilines is 1. The first kappa shape index (κ1) is 24.1. The monoisotopic (exact) mass is 479 g/mol. The van der Waals surface area contributed by atoms with Crippen LogP contribution >= 0.6 is 0 Å². The van der Waals surface area contributed by atoms with Crippen LogP contribution in [-0.4, -0.2) is 48.1 Å². The molecule has 0 atom stereocenters. The van der Waals surface area contributed by atoms with Gasteiger partial charge in [0.05, 0.1) is 25.7 Å². The lowest BCUT2D eigenvalue weighted by atomic mass is 10.2. The van der Waals surface area contributed by atoms with Crippen LogP contribution in [0.1, 0.15) is 25.3 Å². The van der Waals surface area contributed by atoms with Crippen LogP contribution in [0.5, 0.6) is 0 Å². The summed E-state index contributed by atoms with van der Waals surface area (Å²) in [7, 11) is 1.57. The molecule has 0 aliphatic rings. The Morgan fingerprint density at radius 1 is 1.09 bits per heavy atom. The summed E-state index contributed by atoms with van der Waals surface area (Å²) in [6.07, 6.45) is 5.02. The first-order valence-corrected chi connectivity index (χ1v) is 11.6. The van der Waals surface area contributed by atoms with Gasteiger partial charge in [0, 0.05) is 26.3 Å². The average Bonchev–Trinajstić information content (AvgIpc) is 3.49. The third kappa shape index (κ3) is 5.24. The fraction of sp³-hybridized carbons (Fsp3) is 0.375. The number of aromatic nitrogens is 6. The lowest BCUT2D eigenvalue weighted by Gasteiger charge is -2.13. The van der Waals surface area contributed by atoms with Crippen molar-refractivity contribution < 1.29 is 9.53 Å². The van der Waals surface area contributed by atoms with Crippen LogP contribution in [0.15, 0.2) is 58.5 Å². The van der Waals surface area contributed by atoms with Gasteiger partial charge in [0.2, 0.25) is 5.91 Å². The third-order valence-corrected chi connectivity index (χ3v) is 5.71. The molecule has 0 fully saturated rings. The number of carbonyl (C=O) groups excluding carboxylic acids is 1. The van der Waals surface area contributed by atoms with E-state index in [4.69, 9.17) is 4.74 Å². The van der Waals surface area contributed by atoms with E-state index in [1.165, 1.54) is 10.9 Å². The quantitative estimate of drug-likeness (QED) is 0.350. The summed E-state index contributed by atoms with van der Waals surface area (Å²) in [5.74, 6) is 0.0309. The number of amides is 1. The normalized spacial score (nSPS) is 11.3. The zero-order valence-electron chi connectivity index (χ0n) is 19.9. The van der Waals surface area contributed by atoms with Crippen LogP contribution in [-0.2, 0) is 35.7 Å². The maximum absolute atomic E-state index is 13.4. The number of benzene rings is 1. The Morgan fingerprint density at radius 2 is 1.89 bits per heavy atom. The van der Waals surface area contributed by atoms with Crippen LogP contribution < -0.4 is 16.6 Å². The minimum atomic E-state index is -0.599. The molecule has 1 aromatic carbocycles. The molecule has 4 rings (SSSR count). The van der Waals surface area contributed by atoms with E-state index in [2.05, 4.69) is 22.3 Å². The lowest BCUT2D eigenvalue weighted by molar-refractivity contribution is -0.116. The van der Waals surface area contributed by atoms with E-state index in [9.17, 15) is 14.4 Å². The highest BCUT2D eigenvalue weighted by molar-refractivity contribution is 5.89. The molecule has 0 radical (unpaired) electrons. The van der Waals surface area contributed by atoms with Crippen molar-refractivity contribution in [2.75, 3.05) is 19.0 Å². The van der Waals surface area contributed by atoms with Crippen molar-refractivity contribution in [1.82, 2.24) is 28.5 Å². The second kappa shape index (κ2) is 11.0. The highest BCUT2D eigenvalue weighted by Crippen LogP contribution is 2.11. The Labute approximate surface area is 201 Å². The Balaban J connectivity index is 1.72. The largest absolute Gasteiger partial charge is 0.383 e. The lowest BCUT2D eigenvalue weighted by Crippen LogP contribution is -2.43. The van der Waals surface area contributed by atoms with E-state index in [0.717, 1.165) is 23.0 Å². The Morgan fingerprint density at radius 3 is 2.63 bits per heavy atom. The number of imidazole rings is 1. The van der Waals surface area contributed by atoms with Gasteiger partial charge in [-0.25, -0.2) is 19.0 Å². The summed E-state index contributed by atoms with van der Waals surface area (Å²) >= 11 is 0. The molecule has 0 saturated carbocycles. The third-order valence-electron chi connectivity index (χ3n) is 5.71. The van der Waals surface area contributed by atoms with Crippen molar-refractivity contribution in [3.8, 4) is 0 Å². The standard InChI is InChI=1S/C24H29N7O4/c1-3-4-12-31-19(10-11-26-31)27-20(32)16-30-23(33)21-22(25-17-28(21)13-14-35-2)29(24(30)34)15-18-8-6-5-7-9-18/h5-11,17H,3-4,12-16H2,1-2H3,(H,27,32). The smallest absolute Gasteiger partial charge is 0.333 e. The zero-order valence-corrected chi connectivity index (χ0v) is 19.9. The van der Waals surface area contributed by atoms with E-state index < -0.39 is 23.7 Å². The number of fused-ring (bicyclic) bond motifs is 1. The number of methoxy groups -OCH3 is 1. The van der Waals surface area contributed by atoms with Crippen molar-refractivity contribution in [2.24, 2.45) is 0 Å². The highest BCUT2D eigenvalue weighted by atomic mass is 16.5.